The molecular formula is C94H66N6. The number of nitrogens with zero attached hydrogens (tertiary/aromatic N) is 6. The topological polar surface area (TPSA) is 53.5 Å². The first kappa shape index (κ1) is 56.9. The highest BCUT2D eigenvalue weighted by Crippen LogP contribution is 2.53. The Kier molecular flexibility index (Phi) is 11.6. The quantitative estimate of drug-likeness (QED) is 0.160. The highest BCUT2D eigenvalue weighted by atomic mass is 15.3. The van der Waals surface area contributed by atoms with E-state index in [1.807, 2.05) is 0 Å². The molecule has 3 aliphatic carbocycles. The number of hydrogen-bond donors (Lipinski definition) is 0. The predicted octanol–water partition coefficient (Wildman–Crippen LogP) is 23.9. The zero-order chi connectivity index (χ0) is 66.7. The summed E-state index contributed by atoms with van der Waals surface area (Å²) < 4.78 is 6.92. The largest absolute Gasteiger partial charge is 0.309 e. The Morgan fingerprint density at radius 1 is 0.220 bits per heavy atom. The van der Waals surface area contributed by atoms with Crippen LogP contribution >= 0.6 is 0 Å². The highest BCUT2D eigenvalue weighted by Gasteiger charge is 2.38. The first-order valence-corrected chi connectivity index (χ1v) is 35.0. The Balaban J connectivity index is 0.713. The van der Waals surface area contributed by atoms with Crippen LogP contribution in [0.4, 0.5) is 0 Å². The van der Waals surface area contributed by atoms with Crippen molar-refractivity contribution in [3.8, 4) is 95.7 Å². The van der Waals surface area contributed by atoms with Crippen molar-refractivity contribution in [3.63, 3.8) is 0 Å². The molecule has 6 heteroatoms. The lowest BCUT2D eigenvalue weighted by molar-refractivity contribution is 0.660. The molecule has 0 fully saturated rings. The maximum atomic E-state index is 5.66. The third-order valence-corrected chi connectivity index (χ3v) is 23.1. The Labute approximate surface area is 579 Å². The van der Waals surface area contributed by atoms with E-state index in [9.17, 15) is 0 Å². The molecule has 0 amide bonds. The van der Waals surface area contributed by atoms with Crippen LogP contribution in [-0.4, -0.2) is 28.7 Å². The van der Waals surface area contributed by atoms with Crippen LogP contribution in [0.2, 0.25) is 0 Å². The first-order valence-electron chi connectivity index (χ1n) is 35.0. The summed E-state index contributed by atoms with van der Waals surface area (Å²) in [5.41, 5.74) is 31.4. The minimum atomic E-state index is -0.0749. The van der Waals surface area contributed by atoms with Crippen molar-refractivity contribution in [2.75, 3.05) is 0 Å². The van der Waals surface area contributed by atoms with Crippen molar-refractivity contribution >= 4 is 76.2 Å². The molecule has 4 heterocycles. The molecule has 21 rings (SSSR count). The van der Waals surface area contributed by atoms with E-state index in [1.54, 1.807) is 0 Å². The van der Waals surface area contributed by atoms with E-state index < -0.39 is 0 Å². The van der Waals surface area contributed by atoms with Gasteiger partial charge in [-0.15, -0.1) is 0 Å². The summed E-state index contributed by atoms with van der Waals surface area (Å²) in [4.78, 5) is 16.9. The van der Waals surface area contributed by atoms with Gasteiger partial charge in [0.25, 0.3) is 0 Å². The van der Waals surface area contributed by atoms with Crippen molar-refractivity contribution < 1.29 is 0 Å². The molecule has 0 saturated heterocycles. The fourth-order valence-corrected chi connectivity index (χ4v) is 18.1. The second kappa shape index (κ2) is 20.4. The van der Waals surface area contributed by atoms with Crippen LogP contribution in [-0.2, 0) is 16.2 Å². The van der Waals surface area contributed by atoms with Crippen LogP contribution in [0.25, 0.3) is 172 Å². The maximum absolute atomic E-state index is 5.66. The molecule has 0 spiro atoms. The van der Waals surface area contributed by atoms with Gasteiger partial charge >= 0.3 is 0 Å². The Morgan fingerprint density at radius 3 is 0.960 bits per heavy atom. The van der Waals surface area contributed by atoms with Gasteiger partial charge in [0, 0.05) is 59.8 Å². The monoisotopic (exact) mass is 1280 g/mol. The molecular weight excluding hydrogens is 1210 g/mol. The average Bonchev–Trinajstić information content (AvgIpc) is 1.59. The molecule has 6 nitrogen and oxygen atoms in total. The molecule has 18 aromatic rings. The summed E-state index contributed by atoms with van der Waals surface area (Å²) in [6, 6.07) is 108. The van der Waals surface area contributed by atoms with Crippen LogP contribution < -0.4 is 0 Å². The minimum Gasteiger partial charge on any atom is -0.309 e. The maximum Gasteiger partial charge on any atom is 0.240 e. The molecule has 0 N–H and O–H groups in total. The molecule has 0 aliphatic heterocycles. The highest BCUT2D eigenvalue weighted by molar-refractivity contribution is 6.13. The van der Waals surface area contributed by atoms with Gasteiger partial charge in [0.15, 0.2) is 5.82 Å². The number of aromatic nitrogens is 6. The summed E-state index contributed by atoms with van der Waals surface area (Å²) in [7, 11) is 0. The van der Waals surface area contributed by atoms with Crippen LogP contribution in [0.3, 0.4) is 0 Å². The summed E-state index contributed by atoms with van der Waals surface area (Å²) >= 11 is 0. The summed E-state index contributed by atoms with van der Waals surface area (Å²) in [5, 5.41) is 9.14. The molecule has 0 atom stereocenters. The summed E-state index contributed by atoms with van der Waals surface area (Å²) in [6.07, 6.45) is 0. The van der Waals surface area contributed by atoms with Crippen molar-refractivity contribution in [3.05, 3.63) is 325 Å². The molecule has 4 aromatic heterocycles. The van der Waals surface area contributed by atoms with Crippen molar-refractivity contribution in [1.29, 1.82) is 0 Å². The minimum absolute atomic E-state index is 0.0428. The smallest absolute Gasteiger partial charge is 0.240 e. The summed E-state index contributed by atoms with van der Waals surface area (Å²) in [6.45, 7) is 14.1. The second-order valence-electron chi connectivity index (χ2n) is 29.6. The van der Waals surface area contributed by atoms with Crippen molar-refractivity contribution in [1.82, 2.24) is 28.7 Å². The standard InChI is InChI=1S/C94H66N6/c1-92(2)77-25-13-7-19-65(77)71-49-57(34-41-80(71)92)60-37-44-86-74(52-60)68-22-10-16-28-83(68)98(86)64-40-33-55-47-63(32-31-56(55)48-64)89-95-90(99-84-29-17-11-23-69(84)75-53-61(38-45-87(75)99)58-35-42-81-72(50-58)66-20-8-14-26-78(66)93(81,3)4)97-91(96-89)100-85-30-18-12-24-70(85)76-54-62(39-46-88(76)100)59-36-43-82-73(51-59)67-21-9-15-27-79(67)94(82,5)6/h7-54H,1-6H3. The number of fused-ring (bicyclic) bond motifs is 19. The van der Waals surface area contributed by atoms with E-state index in [2.05, 4.69) is 346 Å². The van der Waals surface area contributed by atoms with Crippen LogP contribution in [0, 0.1) is 0 Å². The van der Waals surface area contributed by atoms with Crippen LogP contribution in [0.5, 0.6) is 0 Å². The lowest BCUT2D eigenvalue weighted by Gasteiger charge is -2.21. The van der Waals surface area contributed by atoms with Gasteiger partial charge in [0.2, 0.25) is 11.9 Å². The fraction of sp³-hybridized carbons (Fsp3) is 0.0957. The van der Waals surface area contributed by atoms with Crippen LogP contribution in [0.1, 0.15) is 74.9 Å². The fourth-order valence-electron chi connectivity index (χ4n) is 18.1. The van der Waals surface area contributed by atoms with Gasteiger partial charge < -0.3 is 4.57 Å². The Hall–Kier alpha value is -12.3. The molecule has 0 bridgehead atoms. The lowest BCUT2D eigenvalue weighted by Crippen LogP contribution is -2.14. The van der Waals surface area contributed by atoms with E-state index in [0.717, 1.165) is 76.8 Å². The third-order valence-electron chi connectivity index (χ3n) is 23.1. The van der Waals surface area contributed by atoms with E-state index in [1.165, 1.54) is 111 Å². The van der Waals surface area contributed by atoms with Gasteiger partial charge in [0.1, 0.15) is 0 Å². The number of hydrogen-bond acceptors (Lipinski definition) is 3. The Morgan fingerprint density at radius 2 is 0.530 bits per heavy atom. The normalized spacial score (nSPS) is 14.3. The van der Waals surface area contributed by atoms with Crippen molar-refractivity contribution in [2.45, 2.75) is 57.8 Å². The lowest BCUT2D eigenvalue weighted by atomic mass is 9.82. The third kappa shape index (κ3) is 7.98. The first-order chi connectivity index (χ1) is 48.8. The molecule has 0 saturated carbocycles. The molecule has 472 valence electrons. The van der Waals surface area contributed by atoms with Gasteiger partial charge in [0.05, 0.1) is 33.1 Å². The zero-order valence-corrected chi connectivity index (χ0v) is 56.4. The molecule has 3 aliphatic rings. The van der Waals surface area contributed by atoms with Gasteiger partial charge in [-0.2, -0.15) is 15.0 Å². The van der Waals surface area contributed by atoms with Gasteiger partial charge in [-0.1, -0.05) is 242 Å². The van der Waals surface area contributed by atoms with Crippen molar-refractivity contribution in [2.24, 2.45) is 0 Å². The van der Waals surface area contributed by atoms with E-state index in [4.69, 9.17) is 15.0 Å². The average molecular weight is 1280 g/mol. The molecule has 0 radical (unpaired) electrons. The number of rotatable bonds is 7. The van der Waals surface area contributed by atoms with E-state index in [0.29, 0.717) is 17.7 Å². The number of benzene rings is 14. The van der Waals surface area contributed by atoms with E-state index >= 15 is 0 Å². The molecule has 100 heavy (non-hydrogen) atoms. The van der Waals surface area contributed by atoms with Crippen LogP contribution in [0.15, 0.2) is 291 Å². The van der Waals surface area contributed by atoms with Gasteiger partial charge in [-0.25, -0.2) is 0 Å². The SMILES string of the molecule is CC1(C)c2ccccc2-c2cc(-c3ccc4c(c3)c3ccccc3n4-c3ccc4cc(-c5nc(-n6c7ccccc7c7cc(-c8ccc9c(c8)-c8ccccc8C9(C)C)ccc76)nc(-n6c7ccccc7c7cc(-c8ccc9c(c8)-c8ccccc8C9(C)C)ccc76)n5)ccc4c3)ccc21. The van der Waals surface area contributed by atoms with Gasteiger partial charge in [-0.05, 0) is 202 Å². The van der Waals surface area contributed by atoms with Gasteiger partial charge in [-0.3, -0.25) is 9.13 Å². The molecule has 14 aromatic carbocycles. The second-order valence-corrected chi connectivity index (χ2v) is 29.6. The Bertz CT molecular complexity index is 6400. The summed E-state index contributed by atoms with van der Waals surface area (Å²) in [5.74, 6) is 1.65. The predicted molar refractivity (Wildman–Crippen MR) is 415 cm³/mol. The number of para-hydroxylation sites is 3. The van der Waals surface area contributed by atoms with E-state index in [-0.39, 0.29) is 16.2 Å². The zero-order valence-electron chi connectivity index (χ0n) is 56.4. The molecule has 0 unspecified atom stereocenters.